The number of hydrogen-bond acceptors (Lipinski definition) is 9. The molecule has 11 heteroatoms. The van der Waals surface area contributed by atoms with E-state index in [1.165, 1.54) is 11.0 Å². The molecule has 4 rings (SSSR count). The lowest BCUT2D eigenvalue weighted by atomic mass is 9.94. The molecule has 2 N–H and O–H groups in total. The summed E-state index contributed by atoms with van der Waals surface area (Å²) >= 11 is 0. The molecular weight excluding hydrogens is 480 g/mol. The Morgan fingerprint density at radius 1 is 1.19 bits per heavy atom. The lowest BCUT2D eigenvalue weighted by Gasteiger charge is -2.29. The minimum atomic E-state index is -1.07. The van der Waals surface area contributed by atoms with Crippen LogP contribution in [-0.2, 0) is 9.59 Å². The highest BCUT2D eigenvalue weighted by molar-refractivity contribution is 6.46. The van der Waals surface area contributed by atoms with Gasteiger partial charge in [0.2, 0.25) is 0 Å². The second kappa shape index (κ2) is 10.5. The number of fused-ring (bicyclic) bond motifs is 1. The third kappa shape index (κ3) is 4.82. The minimum absolute atomic E-state index is 0.163. The number of nitro groups is 1. The molecule has 0 aromatic heterocycles. The fourth-order valence-electron chi connectivity index (χ4n) is 4.76. The van der Waals surface area contributed by atoms with E-state index in [-0.39, 0.29) is 23.4 Å². The number of carbonyl (C=O) groups is 2. The van der Waals surface area contributed by atoms with Crippen LogP contribution in [0, 0.1) is 10.1 Å². The fourth-order valence-corrected chi connectivity index (χ4v) is 4.76. The summed E-state index contributed by atoms with van der Waals surface area (Å²) in [6.45, 7) is 7.24. The molecule has 2 aromatic rings. The number of nitrogens with zero attached hydrogens (tertiary/aromatic N) is 4. The monoisotopic (exact) mass is 510 g/mol. The number of aliphatic hydroxyl groups excluding tert-OH is 1. The number of aromatic hydroxyl groups is 1. The quantitative estimate of drug-likeness (QED) is 0.181. The number of nitro benzene ring substituents is 1. The topological polar surface area (TPSA) is 137 Å². The maximum Gasteiger partial charge on any atom is 0.311 e. The van der Waals surface area contributed by atoms with Gasteiger partial charge in [0.15, 0.2) is 5.75 Å². The number of phenolic OH excluding ortho intramolecular Hbond substituents is 1. The number of Topliss-reactive ketones (excluding diaryl/α,β-unsaturated/α-hetero) is 1. The Hall–Kier alpha value is -4.12. The number of benzene rings is 2. The first-order chi connectivity index (χ1) is 17.7. The van der Waals surface area contributed by atoms with Gasteiger partial charge >= 0.3 is 5.69 Å². The molecule has 2 aliphatic heterocycles. The fraction of sp³-hybridized carbons (Fsp3) is 0.385. The maximum absolute atomic E-state index is 13.3. The van der Waals surface area contributed by atoms with Crippen LogP contribution in [0.3, 0.4) is 0 Å². The average Bonchev–Trinajstić information content (AvgIpc) is 3.14. The zero-order valence-electron chi connectivity index (χ0n) is 21.0. The number of ether oxygens (including phenoxy) is 1. The number of phenols is 1. The molecule has 0 saturated carbocycles. The first-order valence-electron chi connectivity index (χ1n) is 12.1. The van der Waals surface area contributed by atoms with Crippen LogP contribution >= 0.6 is 0 Å². The van der Waals surface area contributed by atoms with Crippen molar-refractivity contribution in [3.63, 3.8) is 0 Å². The summed E-state index contributed by atoms with van der Waals surface area (Å²) in [5.41, 5.74) is 0.561. The normalized spacial score (nSPS) is 18.8. The molecule has 2 aliphatic rings. The Kier molecular flexibility index (Phi) is 7.35. The summed E-state index contributed by atoms with van der Waals surface area (Å²) in [7, 11) is 1.88. The lowest BCUT2D eigenvalue weighted by Crippen LogP contribution is -2.38. The van der Waals surface area contributed by atoms with Crippen LogP contribution in [-0.4, -0.2) is 83.0 Å². The molecule has 0 spiro atoms. The van der Waals surface area contributed by atoms with Crippen molar-refractivity contribution < 1.29 is 29.5 Å². The van der Waals surface area contributed by atoms with Gasteiger partial charge in [-0.15, -0.1) is 0 Å². The number of carbonyl (C=O) groups excluding carboxylic acids is 2. The summed E-state index contributed by atoms with van der Waals surface area (Å²) in [5.74, 6) is -1.96. The van der Waals surface area contributed by atoms with E-state index >= 15 is 0 Å². The Bertz CT molecular complexity index is 1270. The van der Waals surface area contributed by atoms with E-state index < -0.39 is 34.1 Å². The van der Waals surface area contributed by atoms with Crippen molar-refractivity contribution in [3.8, 4) is 11.5 Å². The Morgan fingerprint density at radius 3 is 2.59 bits per heavy atom. The first-order valence-corrected chi connectivity index (χ1v) is 12.1. The lowest BCUT2D eigenvalue weighted by molar-refractivity contribution is -0.385. The van der Waals surface area contributed by atoms with Crippen LogP contribution < -0.4 is 9.64 Å². The van der Waals surface area contributed by atoms with Gasteiger partial charge in [0, 0.05) is 31.8 Å². The third-order valence-electron chi connectivity index (χ3n) is 6.93. The van der Waals surface area contributed by atoms with Gasteiger partial charge in [0.25, 0.3) is 11.7 Å². The van der Waals surface area contributed by atoms with Gasteiger partial charge in [0.05, 0.1) is 28.8 Å². The number of likely N-dealkylation sites (tertiary alicyclic amines) is 1. The molecule has 0 bridgehead atoms. The first kappa shape index (κ1) is 26.0. The van der Waals surface area contributed by atoms with E-state index in [0.29, 0.717) is 31.0 Å². The van der Waals surface area contributed by atoms with Crippen LogP contribution in [0.4, 0.5) is 11.4 Å². The van der Waals surface area contributed by atoms with E-state index in [1.807, 2.05) is 25.8 Å². The Balaban J connectivity index is 1.85. The van der Waals surface area contributed by atoms with Gasteiger partial charge in [-0.2, -0.15) is 0 Å². The maximum atomic E-state index is 13.3. The van der Waals surface area contributed by atoms with E-state index in [2.05, 4.69) is 4.90 Å². The summed E-state index contributed by atoms with van der Waals surface area (Å²) in [6, 6.07) is 7.62. The van der Waals surface area contributed by atoms with Crippen molar-refractivity contribution in [3.05, 3.63) is 63.2 Å². The molecule has 2 aromatic carbocycles. The predicted octanol–water partition coefficient (Wildman–Crippen LogP) is 2.89. The van der Waals surface area contributed by atoms with Crippen LogP contribution in [0.15, 0.2) is 42.0 Å². The highest BCUT2D eigenvalue weighted by Crippen LogP contribution is 2.42. The predicted molar refractivity (Wildman–Crippen MR) is 137 cm³/mol. The summed E-state index contributed by atoms with van der Waals surface area (Å²) in [4.78, 5) is 42.6. The molecule has 11 nitrogen and oxygen atoms in total. The van der Waals surface area contributed by atoms with Crippen molar-refractivity contribution in [2.45, 2.75) is 19.9 Å². The molecule has 1 saturated heterocycles. The van der Waals surface area contributed by atoms with E-state index in [9.17, 15) is 29.9 Å². The number of amides is 1. The zero-order chi connectivity index (χ0) is 26.9. The number of likely N-dealkylation sites (N-methyl/N-ethyl adjacent to an activating group) is 2. The van der Waals surface area contributed by atoms with Crippen molar-refractivity contribution in [2.75, 3.05) is 51.3 Å². The average molecular weight is 511 g/mol. The van der Waals surface area contributed by atoms with Crippen LogP contribution in [0.5, 0.6) is 11.5 Å². The highest BCUT2D eigenvalue weighted by Gasteiger charge is 2.46. The Labute approximate surface area is 214 Å². The largest absolute Gasteiger partial charge is 0.507 e. The number of rotatable bonds is 8. The van der Waals surface area contributed by atoms with Gasteiger partial charge in [-0.1, -0.05) is 19.9 Å². The second-order valence-electron chi connectivity index (χ2n) is 8.98. The molecule has 1 fully saturated rings. The Morgan fingerprint density at radius 2 is 1.92 bits per heavy atom. The smallest absolute Gasteiger partial charge is 0.311 e. The molecule has 1 unspecified atom stereocenters. The molecule has 0 aliphatic carbocycles. The summed E-state index contributed by atoms with van der Waals surface area (Å²) in [5, 5.41) is 32.9. The molecule has 196 valence electrons. The van der Waals surface area contributed by atoms with Gasteiger partial charge in [-0.05, 0) is 42.9 Å². The van der Waals surface area contributed by atoms with Crippen LogP contribution in [0.2, 0.25) is 0 Å². The third-order valence-corrected chi connectivity index (χ3v) is 6.93. The number of ketones is 1. The summed E-state index contributed by atoms with van der Waals surface area (Å²) in [6.07, 6.45) is 0. The molecule has 2 heterocycles. The number of hydrogen-bond donors (Lipinski definition) is 2. The second-order valence-corrected chi connectivity index (χ2v) is 8.98. The molecule has 1 atom stereocenters. The molecule has 1 amide bonds. The zero-order valence-corrected chi connectivity index (χ0v) is 21.0. The summed E-state index contributed by atoms with van der Waals surface area (Å²) < 4.78 is 5.66. The van der Waals surface area contributed by atoms with E-state index in [4.69, 9.17) is 4.74 Å². The van der Waals surface area contributed by atoms with Gasteiger partial charge in [-0.3, -0.25) is 19.7 Å². The molecule has 37 heavy (non-hydrogen) atoms. The van der Waals surface area contributed by atoms with Crippen molar-refractivity contribution in [2.24, 2.45) is 0 Å². The molecule has 0 radical (unpaired) electrons. The van der Waals surface area contributed by atoms with Crippen LogP contribution in [0.25, 0.3) is 5.76 Å². The van der Waals surface area contributed by atoms with Gasteiger partial charge in [0.1, 0.15) is 18.1 Å². The van der Waals surface area contributed by atoms with Crippen molar-refractivity contribution in [1.29, 1.82) is 0 Å². The van der Waals surface area contributed by atoms with Gasteiger partial charge < -0.3 is 29.6 Å². The van der Waals surface area contributed by atoms with Crippen molar-refractivity contribution >= 4 is 28.8 Å². The minimum Gasteiger partial charge on any atom is -0.507 e. The SMILES string of the molecule is CCN(CC)CCN1C(=O)C(=O)/C(=C(/O)c2ccc3c(c2)N(C)CCO3)C1c1ccc(O)c([N+](=O)[O-])c1. The highest BCUT2D eigenvalue weighted by atomic mass is 16.6. The van der Waals surface area contributed by atoms with E-state index in [1.54, 1.807) is 18.2 Å². The van der Waals surface area contributed by atoms with Crippen LogP contribution in [0.1, 0.15) is 31.0 Å². The van der Waals surface area contributed by atoms with E-state index in [0.717, 1.165) is 30.9 Å². The number of aliphatic hydroxyl groups is 1. The number of anilines is 1. The van der Waals surface area contributed by atoms with Crippen molar-refractivity contribution in [1.82, 2.24) is 9.80 Å². The molecular formula is C26H30N4O7. The standard InChI is InChI=1S/C26H30N4O7/c1-4-28(5-2)10-11-29-23(16-6-8-20(31)18(14-16)30(35)36)22(25(33)26(29)34)24(32)17-7-9-21-19(15-17)27(3)12-13-37-21/h6-9,14-15,23,31-32H,4-5,10-13H2,1-3H3/b24-22+. The van der Waals surface area contributed by atoms with Gasteiger partial charge in [-0.25, -0.2) is 0 Å².